The van der Waals surface area contributed by atoms with Gasteiger partial charge in [0.15, 0.2) is 11.9 Å². The number of benzene rings is 1. The van der Waals surface area contributed by atoms with Crippen LogP contribution < -0.4 is 8.92 Å². The fraction of sp³-hybridized carbons (Fsp3) is 0.571. The van der Waals surface area contributed by atoms with Gasteiger partial charge in [0.1, 0.15) is 17.6 Å². The molecule has 2 atom stereocenters. The van der Waals surface area contributed by atoms with Crippen LogP contribution in [-0.2, 0) is 26.0 Å². The SMILES string of the molecule is COC(OC)C1(C)Oc2ccc(OS(C)(=O)=O)cc2CC1O. The van der Waals surface area contributed by atoms with Crippen molar-refractivity contribution in [1.29, 1.82) is 0 Å². The zero-order valence-corrected chi connectivity index (χ0v) is 13.7. The molecule has 0 spiro atoms. The summed E-state index contributed by atoms with van der Waals surface area (Å²) in [6.45, 7) is 1.69. The average Bonchev–Trinajstić information content (AvgIpc) is 2.40. The number of rotatable bonds is 5. The molecule has 0 bridgehead atoms. The van der Waals surface area contributed by atoms with E-state index in [-0.39, 0.29) is 12.2 Å². The maximum Gasteiger partial charge on any atom is 0.306 e. The Morgan fingerprint density at radius 3 is 2.55 bits per heavy atom. The molecule has 0 saturated heterocycles. The minimum atomic E-state index is -3.60. The predicted molar refractivity (Wildman–Crippen MR) is 78.5 cm³/mol. The number of hydrogen-bond donors (Lipinski definition) is 1. The molecule has 1 heterocycles. The molecule has 0 aliphatic carbocycles. The number of methoxy groups -OCH3 is 2. The van der Waals surface area contributed by atoms with E-state index >= 15 is 0 Å². The molecule has 22 heavy (non-hydrogen) atoms. The number of aliphatic hydroxyl groups is 1. The van der Waals surface area contributed by atoms with Crippen molar-refractivity contribution in [2.75, 3.05) is 20.5 Å². The molecule has 0 saturated carbocycles. The first-order valence-electron chi connectivity index (χ1n) is 6.64. The summed E-state index contributed by atoms with van der Waals surface area (Å²) < 4.78 is 43.4. The van der Waals surface area contributed by atoms with Crippen LogP contribution in [-0.4, -0.2) is 52.0 Å². The summed E-state index contributed by atoms with van der Waals surface area (Å²) in [5.41, 5.74) is -0.424. The molecule has 0 amide bonds. The number of hydrogen-bond acceptors (Lipinski definition) is 7. The molecule has 1 aliphatic rings. The molecule has 0 fully saturated rings. The quantitative estimate of drug-likeness (QED) is 0.627. The van der Waals surface area contributed by atoms with E-state index in [0.717, 1.165) is 6.26 Å². The van der Waals surface area contributed by atoms with E-state index in [1.54, 1.807) is 13.0 Å². The summed E-state index contributed by atoms with van der Waals surface area (Å²) in [6, 6.07) is 4.63. The number of fused-ring (bicyclic) bond motifs is 1. The van der Waals surface area contributed by atoms with Gasteiger partial charge in [-0.2, -0.15) is 8.42 Å². The summed E-state index contributed by atoms with van der Waals surface area (Å²) in [6.07, 6.45) is -0.409. The summed E-state index contributed by atoms with van der Waals surface area (Å²) in [4.78, 5) is 0. The maximum absolute atomic E-state index is 11.2. The van der Waals surface area contributed by atoms with Crippen LogP contribution in [0.5, 0.6) is 11.5 Å². The highest BCUT2D eigenvalue weighted by Crippen LogP contribution is 2.38. The second kappa shape index (κ2) is 6.04. The second-order valence-electron chi connectivity index (χ2n) is 5.37. The first-order valence-corrected chi connectivity index (χ1v) is 8.46. The first kappa shape index (κ1) is 17.0. The van der Waals surface area contributed by atoms with Crippen molar-refractivity contribution in [3.63, 3.8) is 0 Å². The molecule has 8 heteroatoms. The average molecular weight is 332 g/mol. The van der Waals surface area contributed by atoms with Crippen molar-refractivity contribution in [3.8, 4) is 11.5 Å². The van der Waals surface area contributed by atoms with Gasteiger partial charge in [0.2, 0.25) is 0 Å². The number of ether oxygens (including phenoxy) is 3. The van der Waals surface area contributed by atoms with Gasteiger partial charge in [-0.1, -0.05) is 0 Å². The third kappa shape index (κ3) is 3.35. The fourth-order valence-corrected chi connectivity index (χ4v) is 2.98. The van der Waals surface area contributed by atoms with Crippen LogP contribution in [0.3, 0.4) is 0 Å². The third-order valence-electron chi connectivity index (χ3n) is 3.58. The Hall–Kier alpha value is -1.35. The normalized spacial score (nSPS) is 24.7. The highest BCUT2D eigenvalue weighted by atomic mass is 32.2. The minimum absolute atomic E-state index is 0.177. The minimum Gasteiger partial charge on any atom is -0.479 e. The summed E-state index contributed by atoms with van der Waals surface area (Å²) >= 11 is 0. The highest BCUT2D eigenvalue weighted by molar-refractivity contribution is 7.86. The van der Waals surface area contributed by atoms with Gasteiger partial charge < -0.3 is 23.5 Å². The zero-order chi connectivity index (χ0) is 16.5. The molecule has 124 valence electrons. The van der Waals surface area contributed by atoms with E-state index in [2.05, 4.69) is 0 Å². The largest absolute Gasteiger partial charge is 0.479 e. The third-order valence-corrected chi connectivity index (χ3v) is 4.08. The van der Waals surface area contributed by atoms with Crippen molar-refractivity contribution in [2.24, 2.45) is 0 Å². The summed E-state index contributed by atoms with van der Waals surface area (Å²) in [7, 11) is -0.672. The Labute approximate surface area is 129 Å². The van der Waals surface area contributed by atoms with Gasteiger partial charge in [0.05, 0.1) is 6.26 Å². The van der Waals surface area contributed by atoms with Crippen LogP contribution >= 0.6 is 0 Å². The van der Waals surface area contributed by atoms with Gasteiger partial charge in [-0.25, -0.2) is 0 Å². The van der Waals surface area contributed by atoms with E-state index in [4.69, 9.17) is 18.4 Å². The van der Waals surface area contributed by atoms with Gasteiger partial charge in [-0.05, 0) is 25.1 Å². The van der Waals surface area contributed by atoms with E-state index in [0.29, 0.717) is 11.3 Å². The van der Waals surface area contributed by atoms with Crippen molar-refractivity contribution in [1.82, 2.24) is 0 Å². The monoisotopic (exact) mass is 332 g/mol. The molecule has 1 aromatic carbocycles. The van der Waals surface area contributed by atoms with Crippen LogP contribution in [0.25, 0.3) is 0 Å². The van der Waals surface area contributed by atoms with Crippen LogP contribution in [0.2, 0.25) is 0 Å². The molecule has 2 unspecified atom stereocenters. The van der Waals surface area contributed by atoms with Gasteiger partial charge in [-0.3, -0.25) is 0 Å². The van der Waals surface area contributed by atoms with E-state index in [1.807, 2.05) is 0 Å². The van der Waals surface area contributed by atoms with Crippen LogP contribution in [0.4, 0.5) is 0 Å². The Morgan fingerprint density at radius 2 is 2.00 bits per heavy atom. The molecule has 0 radical (unpaired) electrons. The number of aliphatic hydroxyl groups excluding tert-OH is 1. The Morgan fingerprint density at radius 1 is 1.36 bits per heavy atom. The van der Waals surface area contributed by atoms with Crippen molar-refractivity contribution >= 4 is 10.1 Å². The lowest BCUT2D eigenvalue weighted by Crippen LogP contribution is -2.58. The Balaban J connectivity index is 2.32. The summed E-state index contributed by atoms with van der Waals surface area (Å²) in [5.74, 6) is 0.698. The molecule has 1 N–H and O–H groups in total. The maximum atomic E-state index is 11.2. The Bertz CT molecular complexity index is 639. The van der Waals surface area contributed by atoms with E-state index in [9.17, 15) is 13.5 Å². The molecular formula is C14H20O7S. The van der Waals surface area contributed by atoms with Gasteiger partial charge in [0, 0.05) is 26.2 Å². The van der Waals surface area contributed by atoms with Crippen LogP contribution in [0.1, 0.15) is 12.5 Å². The molecule has 7 nitrogen and oxygen atoms in total. The lowest BCUT2D eigenvalue weighted by atomic mass is 9.88. The first-order chi connectivity index (χ1) is 10.2. The van der Waals surface area contributed by atoms with Crippen molar-refractivity contribution in [2.45, 2.75) is 31.3 Å². The predicted octanol–water partition coefficient (Wildman–Crippen LogP) is 0.698. The zero-order valence-electron chi connectivity index (χ0n) is 12.9. The highest BCUT2D eigenvalue weighted by Gasteiger charge is 2.47. The lowest BCUT2D eigenvalue weighted by Gasteiger charge is -2.43. The van der Waals surface area contributed by atoms with Crippen molar-refractivity contribution in [3.05, 3.63) is 23.8 Å². The van der Waals surface area contributed by atoms with Gasteiger partial charge >= 0.3 is 10.1 Å². The van der Waals surface area contributed by atoms with E-state index < -0.39 is 28.1 Å². The molecule has 2 rings (SSSR count). The standard InChI is InChI=1S/C14H20O7S/c1-14(13(18-2)19-3)12(15)8-9-7-10(21-22(4,16)17)5-6-11(9)20-14/h5-7,12-13,15H,8H2,1-4H3. The molecular weight excluding hydrogens is 312 g/mol. The van der Waals surface area contributed by atoms with E-state index in [1.165, 1.54) is 26.4 Å². The van der Waals surface area contributed by atoms with Crippen molar-refractivity contribution < 1.29 is 31.9 Å². The van der Waals surface area contributed by atoms with Crippen LogP contribution in [0, 0.1) is 0 Å². The molecule has 1 aromatic rings. The van der Waals surface area contributed by atoms with Gasteiger partial charge in [0.25, 0.3) is 0 Å². The molecule has 1 aliphatic heterocycles. The van der Waals surface area contributed by atoms with Crippen LogP contribution in [0.15, 0.2) is 18.2 Å². The second-order valence-corrected chi connectivity index (χ2v) is 6.94. The molecule has 0 aromatic heterocycles. The topological polar surface area (TPSA) is 91.3 Å². The fourth-order valence-electron chi connectivity index (χ4n) is 2.53. The Kier molecular flexibility index (Phi) is 4.67. The smallest absolute Gasteiger partial charge is 0.306 e. The summed E-state index contributed by atoms with van der Waals surface area (Å²) in [5, 5.41) is 10.4. The van der Waals surface area contributed by atoms with Gasteiger partial charge in [-0.15, -0.1) is 0 Å². The lowest BCUT2D eigenvalue weighted by molar-refractivity contribution is -0.232.